The zero-order valence-electron chi connectivity index (χ0n) is 15.1. The van der Waals surface area contributed by atoms with Gasteiger partial charge in [0.2, 0.25) is 0 Å². The molecule has 0 amide bonds. The van der Waals surface area contributed by atoms with Crippen molar-refractivity contribution in [2.45, 2.75) is 84.0 Å². The molecule has 0 aromatic heterocycles. The van der Waals surface area contributed by atoms with E-state index in [1.807, 2.05) is 12.1 Å². The number of hydrogen-bond donors (Lipinski definition) is 0. The van der Waals surface area contributed by atoms with Gasteiger partial charge in [0.05, 0.1) is 11.6 Å². The fraction of sp³-hybridized carbons (Fsp3) is 0.682. The molecule has 0 saturated heterocycles. The third-order valence-electron chi connectivity index (χ3n) is 5.65. The molecule has 0 bridgehead atoms. The van der Waals surface area contributed by atoms with Gasteiger partial charge in [-0.1, -0.05) is 77.3 Å². The molecular weight excluding hydrogens is 278 g/mol. The average Bonchev–Trinajstić information content (AvgIpc) is 2.60. The predicted molar refractivity (Wildman–Crippen MR) is 98.4 cm³/mol. The van der Waals surface area contributed by atoms with Crippen LogP contribution in [0.4, 0.5) is 0 Å². The molecule has 1 heteroatoms. The van der Waals surface area contributed by atoms with Gasteiger partial charge in [0.25, 0.3) is 0 Å². The quantitative estimate of drug-likeness (QED) is 0.516. The van der Waals surface area contributed by atoms with Gasteiger partial charge in [0.1, 0.15) is 0 Å². The SMILES string of the molecule is CCCCC(C)CCCC1CCCC(c2ccc(C#N)cc2)C1. The van der Waals surface area contributed by atoms with Crippen LogP contribution in [0, 0.1) is 23.2 Å². The fourth-order valence-corrected chi connectivity index (χ4v) is 4.14. The summed E-state index contributed by atoms with van der Waals surface area (Å²) in [4.78, 5) is 0. The van der Waals surface area contributed by atoms with E-state index < -0.39 is 0 Å². The molecule has 0 heterocycles. The lowest BCUT2D eigenvalue weighted by Gasteiger charge is -2.30. The zero-order valence-corrected chi connectivity index (χ0v) is 15.1. The van der Waals surface area contributed by atoms with E-state index in [0.29, 0.717) is 0 Å². The third-order valence-corrected chi connectivity index (χ3v) is 5.65. The van der Waals surface area contributed by atoms with Crippen molar-refractivity contribution >= 4 is 0 Å². The summed E-state index contributed by atoms with van der Waals surface area (Å²) < 4.78 is 0. The largest absolute Gasteiger partial charge is 0.192 e. The molecule has 1 aromatic rings. The van der Waals surface area contributed by atoms with Crippen LogP contribution < -0.4 is 0 Å². The summed E-state index contributed by atoms with van der Waals surface area (Å²) in [5.74, 6) is 2.55. The van der Waals surface area contributed by atoms with Gasteiger partial charge < -0.3 is 0 Å². The first-order chi connectivity index (χ1) is 11.2. The van der Waals surface area contributed by atoms with E-state index in [0.717, 1.165) is 23.3 Å². The highest BCUT2D eigenvalue weighted by Gasteiger charge is 2.23. The highest BCUT2D eigenvalue weighted by molar-refractivity contribution is 5.33. The van der Waals surface area contributed by atoms with Crippen molar-refractivity contribution in [1.29, 1.82) is 5.26 Å². The van der Waals surface area contributed by atoms with Crippen LogP contribution in [0.2, 0.25) is 0 Å². The van der Waals surface area contributed by atoms with Crippen LogP contribution in [0.3, 0.4) is 0 Å². The van der Waals surface area contributed by atoms with E-state index in [1.165, 1.54) is 69.8 Å². The lowest BCUT2D eigenvalue weighted by molar-refractivity contribution is 0.291. The smallest absolute Gasteiger partial charge is 0.0991 e. The number of benzene rings is 1. The molecule has 1 aliphatic rings. The van der Waals surface area contributed by atoms with E-state index in [9.17, 15) is 0 Å². The van der Waals surface area contributed by atoms with Crippen molar-refractivity contribution in [2.24, 2.45) is 11.8 Å². The second-order valence-electron chi connectivity index (χ2n) is 7.64. The van der Waals surface area contributed by atoms with E-state index in [4.69, 9.17) is 5.26 Å². The van der Waals surface area contributed by atoms with Gasteiger partial charge in [-0.05, 0) is 48.3 Å². The Labute approximate surface area is 143 Å². The summed E-state index contributed by atoms with van der Waals surface area (Å²) in [7, 11) is 0. The number of hydrogen-bond acceptors (Lipinski definition) is 1. The van der Waals surface area contributed by atoms with Gasteiger partial charge in [-0.15, -0.1) is 0 Å². The Morgan fingerprint density at radius 3 is 2.57 bits per heavy atom. The van der Waals surface area contributed by atoms with E-state index in [2.05, 4.69) is 32.0 Å². The first kappa shape index (κ1) is 18.1. The lowest BCUT2D eigenvalue weighted by atomic mass is 9.76. The summed E-state index contributed by atoms with van der Waals surface area (Å²) in [5.41, 5.74) is 2.23. The lowest BCUT2D eigenvalue weighted by Crippen LogP contribution is -2.14. The molecule has 1 nitrogen and oxygen atoms in total. The van der Waals surface area contributed by atoms with Gasteiger partial charge in [-0.2, -0.15) is 5.26 Å². The van der Waals surface area contributed by atoms with Crippen molar-refractivity contribution in [3.05, 3.63) is 35.4 Å². The van der Waals surface area contributed by atoms with Crippen molar-refractivity contribution in [2.75, 3.05) is 0 Å². The van der Waals surface area contributed by atoms with E-state index >= 15 is 0 Å². The number of rotatable bonds is 8. The first-order valence-electron chi connectivity index (χ1n) is 9.73. The molecule has 23 heavy (non-hydrogen) atoms. The summed E-state index contributed by atoms with van der Waals surface area (Å²) in [6.07, 6.45) is 13.9. The highest BCUT2D eigenvalue weighted by atomic mass is 14.3. The van der Waals surface area contributed by atoms with Gasteiger partial charge >= 0.3 is 0 Å². The van der Waals surface area contributed by atoms with Gasteiger partial charge in [-0.25, -0.2) is 0 Å². The van der Waals surface area contributed by atoms with Gasteiger partial charge in [0.15, 0.2) is 0 Å². The minimum atomic E-state index is 0.721. The standard InChI is InChI=1S/C22H33N/c1-3-4-7-18(2)8-5-9-19-10-6-11-22(16-19)21-14-12-20(17-23)13-15-21/h12-15,18-19,22H,3-11,16H2,1-2H3. The van der Waals surface area contributed by atoms with Crippen LogP contribution in [0.5, 0.6) is 0 Å². The molecule has 3 atom stereocenters. The zero-order chi connectivity index (χ0) is 16.5. The highest BCUT2D eigenvalue weighted by Crippen LogP contribution is 2.38. The number of nitrogens with zero attached hydrogens (tertiary/aromatic N) is 1. The summed E-state index contributed by atoms with van der Waals surface area (Å²) in [6.45, 7) is 4.72. The summed E-state index contributed by atoms with van der Waals surface area (Å²) >= 11 is 0. The molecule has 0 N–H and O–H groups in total. The Balaban J connectivity index is 1.75. The molecule has 1 fully saturated rings. The van der Waals surface area contributed by atoms with Crippen LogP contribution in [-0.2, 0) is 0 Å². The Bertz CT molecular complexity index is 482. The molecule has 126 valence electrons. The Hall–Kier alpha value is -1.29. The van der Waals surface area contributed by atoms with E-state index in [-0.39, 0.29) is 0 Å². The second-order valence-corrected chi connectivity index (χ2v) is 7.64. The number of unbranched alkanes of at least 4 members (excludes halogenated alkanes) is 1. The topological polar surface area (TPSA) is 23.8 Å². The Morgan fingerprint density at radius 2 is 1.87 bits per heavy atom. The first-order valence-corrected chi connectivity index (χ1v) is 9.73. The van der Waals surface area contributed by atoms with Crippen LogP contribution >= 0.6 is 0 Å². The van der Waals surface area contributed by atoms with Crippen molar-refractivity contribution < 1.29 is 0 Å². The molecule has 3 unspecified atom stereocenters. The van der Waals surface area contributed by atoms with Crippen LogP contribution in [0.25, 0.3) is 0 Å². The summed E-state index contributed by atoms with van der Waals surface area (Å²) in [5, 5.41) is 8.93. The molecule has 0 spiro atoms. The van der Waals surface area contributed by atoms with Crippen LogP contribution in [-0.4, -0.2) is 0 Å². The molecule has 0 aliphatic heterocycles. The fourth-order valence-electron chi connectivity index (χ4n) is 4.14. The molecule has 1 saturated carbocycles. The van der Waals surface area contributed by atoms with E-state index in [1.54, 1.807) is 0 Å². The monoisotopic (exact) mass is 311 g/mol. The molecule has 1 aliphatic carbocycles. The Kier molecular flexibility index (Phi) is 7.66. The van der Waals surface area contributed by atoms with Crippen LogP contribution in [0.15, 0.2) is 24.3 Å². The summed E-state index contributed by atoms with van der Waals surface area (Å²) in [6, 6.07) is 10.5. The molecule has 1 aromatic carbocycles. The van der Waals surface area contributed by atoms with Crippen molar-refractivity contribution in [3.63, 3.8) is 0 Å². The molecule has 0 radical (unpaired) electrons. The minimum absolute atomic E-state index is 0.721. The maximum atomic E-state index is 8.93. The molecule has 2 rings (SSSR count). The predicted octanol–water partition coefficient (Wildman–Crippen LogP) is 6.83. The third kappa shape index (κ3) is 6.02. The second kappa shape index (κ2) is 9.76. The average molecular weight is 312 g/mol. The maximum Gasteiger partial charge on any atom is 0.0991 e. The van der Waals surface area contributed by atoms with Crippen molar-refractivity contribution in [1.82, 2.24) is 0 Å². The Morgan fingerprint density at radius 1 is 1.13 bits per heavy atom. The van der Waals surface area contributed by atoms with Gasteiger partial charge in [0, 0.05) is 0 Å². The van der Waals surface area contributed by atoms with Crippen LogP contribution in [0.1, 0.15) is 95.1 Å². The van der Waals surface area contributed by atoms with Crippen molar-refractivity contribution in [3.8, 4) is 6.07 Å². The number of nitriles is 1. The molecular formula is C22H33N. The minimum Gasteiger partial charge on any atom is -0.192 e. The maximum absolute atomic E-state index is 8.93. The van der Waals surface area contributed by atoms with Gasteiger partial charge in [-0.3, -0.25) is 0 Å². The normalized spacial score (nSPS) is 22.5.